The Labute approximate surface area is 161 Å². The first kappa shape index (κ1) is 22.6. The van der Waals surface area contributed by atoms with E-state index in [1.807, 2.05) is 18.7 Å². The van der Waals surface area contributed by atoms with E-state index >= 15 is 0 Å². The van der Waals surface area contributed by atoms with Gasteiger partial charge >= 0.3 is 6.09 Å². The molecule has 1 N–H and O–H groups in total. The van der Waals surface area contributed by atoms with Crippen LogP contribution in [0.5, 0.6) is 0 Å². The maximum atomic E-state index is 11.7. The number of carbonyl (C=O) groups is 1. The number of nitrogens with one attached hydrogen (secondary N) is 1. The highest BCUT2D eigenvalue weighted by atomic mass is 127. The molecule has 0 atom stereocenters. The van der Waals surface area contributed by atoms with E-state index in [1.54, 1.807) is 4.90 Å². The van der Waals surface area contributed by atoms with E-state index in [0.29, 0.717) is 19.7 Å². The highest BCUT2D eigenvalue weighted by Gasteiger charge is 2.23. The van der Waals surface area contributed by atoms with Gasteiger partial charge in [-0.3, -0.25) is 4.99 Å². The van der Waals surface area contributed by atoms with Crippen LogP contribution in [-0.2, 0) is 4.74 Å². The number of rotatable bonds is 7. The van der Waals surface area contributed by atoms with Crippen LogP contribution in [0.25, 0.3) is 0 Å². The average Bonchev–Trinajstić information content (AvgIpc) is 2.54. The Bertz CT molecular complexity index is 350. The summed E-state index contributed by atoms with van der Waals surface area (Å²) < 4.78 is 5.05. The van der Waals surface area contributed by atoms with E-state index in [0.717, 1.165) is 38.6 Å². The molecule has 136 valence electrons. The van der Waals surface area contributed by atoms with Gasteiger partial charge in [-0.1, -0.05) is 0 Å². The summed E-state index contributed by atoms with van der Waals surface area (Å²) in [4.78, 5) is 20.4. The van der Waals surface area contributed by atoms with Crippen LogP contribution in [0.15, 0.2) is 4.99 Å². The van der Waals surface area contributed by atoms with Gasteiger partial charge in [-0.2, -0.15) is 11.8 Å². The van der Waals surface area contributed by atoms with E-state index in [2.05, 4.69) is 23.4 Å². The summed E-state index contributed by atoms with van der Waals surface area (Å²) in [6.45, 7) is 9.05. The van der Waals surface area contributed by atoms with Gasteiger partial charge in [0.15, 0.2) is 5.96 Å². The van der Waals surface area contributed by atoms with Gasteiger partial charge in [0.05, 0.1) is 6.61 Å². The first-order valence-corrected chi connectivity index (χ1v) is 9.56. The Morgan fingerprint density at radius 2 is 1.83 bits per heavy atom. The van der Waals surface area contributed by atoms with Crippen molar-refractivity contribution in [1.29, 1.82) is 0 Å². The molecule has 1 rings (SSSR count). The molecule has 1 amide bonds. The van der Waals surface area contributed by atoms with E-state index in [1.165, 1.54) is 12.2 Å². The minimum Gasteiger partial charge on any atom is -0.450 e. The number of halogens is 1. The predicted octanol–water partition coefficient (Wildman–Crippen LogP) is 2.49. The second-order valence-electron chi connectivity index (χ2n) is 5.11. The molecule has 1 aliphatic heterocycles. The molecule has 0 aromatic carbocycles. The third-order valence-electron chi connectivity index (χ3n) is 3.46. The summed E-state index contributed by atoms with van der Waals surface area (Å²) in [6.07, 6.45) is 4.26. The summed E-state index contributed by atoms with van der Waals surface area (Å²) >= 11 is 1.88. The molecule has 1 aliphatic rings. The standard InChI is InChI=1S/C15H30N4O2S.HI/c1-4-16-14(17-8-6-7-13-22-3)18-9-11-19(12-10-18)15(20)21-5-2;/h4-13H2,1-3H3,(H,16,17);1H. The second kappa shape index (κ2) is 14.0. The van der Waals surface area contributed by atoms with Crippen molar-refractivity contribution in [2.45, 2.75) is 26.7 Å². The molecular formula is C15H31IN4O2S. The topological polar surface area (TPSA) is 57.2 Å². The van der Waals surface area contributed by atoms with Gasteiger partial charge in [0.2, 0.25) is 0 Å². The smallest absolute Gasteiger partial charge is 0.409 e. The molecule has 0 aliphatic carbocycles. The molecule has 0 unspecified atom stereocenters. The Morgan fingerprint density at radius 3 is 2.39 bits per heavy atom. The number of guanidine groups is 1. The molecule has 0 saturated carbocycles. The molecular weight excluding hydrogens is 427 g/mol. The molecule has 23 heavy (non-hydrogen) atoms. The SMILES string of the molecule is CCNC(=NCCCCSC)N1CCN(C(=O)OCC)CC1.I. The van der Waals surface area contributed by atoms with Crippen LogP contribution in [0.1, 0.15) is 26.7 Å². The minimum absolute atomic E-state index is 0. The lowest BCUT2D eigenvalue weighted by Crippen LogP contribution is -2.53. The molecule has 0 aromatic heterocycles. The molecule has 1 fully saturated rings. The fourth-order valence-electron chi connectivity index (χ4n) is 2.28. The lowest BCUT2D eigenvalue weighted by atomic mass is 10.3. The zero-order chi connectivity index (χ0) is 16.2. The van der Waals surface area contributed by atoms with E-state index in [9.17, 15) is 4.79 Å². The van der Waals surface area contributed by atoms with Crippen LogP contribution in [0, 0.1) is 0 Å². The highest BCUT2D eigenvalue weighted by molar-refractivity contribution is 14.0. The van der Waals surface area contributed by atoms with E-state index < -0.39 is 0 Å². The van der Waals surface area contributed by atoms with Crippen molar-refractivity contribution in [1.82, 2.24) is 15.1 Å². The monoisotopic (exact) mass is 458 g/mol. The normalized spacial score (nSPS) is 15.2. The largest absolute Gasteiger partial charge is 0.450 e. The number of hydrogen-bond donors (Lipinski definition) is 1. The first-order valence-electron chi connectivity index (χ1n) is 8.16. The van der Waals surface area contributed by atoms with Crippen LogP contribution in [0.4, 0.5) is 4.79 Å². The maximum Gasteiger partial charge on any atom is 0.409 e. The highest BCUT2D eigenvalue weighted by Crippen LogP contribution is 2.05. The Hall–Kier alpha value is -0.380. The number of nitrogens with zero attached hydrogens (tertiary/aromatic N) is 3. The number of ether oxygens (including phenoxy) is 1. The lowest BCUT2D eigenvalue weighted by molar-refractivity contribution is 0.0914. The van der Waals surface area contributed by atoms with Gasteiger partial charge in [0, 0.05) is 39.3 Å². The van der Waals surface area contributed by atoms with Gasteiger partial charge in [-0.15, -0.1) is 24.0 Å². The van der Waals surface area contributed by atoms with Gasteiger partial charge in [-0.25, -0.2) is 4.79 Å². The Balaban J connectivity index is 0.00000484. The molecule has 8 heteroatoms. The third kappa shape index (κ3) is 8.88. The molecule has 0 bridgehead atoms. The third-order valence-corrected chi connectivity index (χ3v) is 4.16. The average molecular weight is 458 g/mol. The van der Waals surface area contributed by atoms with Crippen molar-refractivity contribution in [3.63, 3.8) is 0 Å². The fraction of sp³-hybridized carbons (Fsp3) is 0.867. The number of amides is 1. The molecule has 0 aromatic rings. The first-order chi connectivity index (χ1) is 10.7. The van der Waals surface area contributed by atoms with Crippen molar-refractivity contribution in [2.75, 3.05) is 57.9 Å². The molecule has 0 spiro atoms. The summed E-state index contributed by atoms with van der Waals surface area (Å²) in [5, 5.41) is 3.35. The number of carbonyl (C=O) groups excluding carboxylic acids is 1. The van der Waals surface area contributed by atoms with Crippen LogP contribution in [0.2, 0.25) is 0 Å². The minimum atomic E-state index is -0.207. The number of thioether (sulfide) groups is 1. The van der Waals surface area contributed by atoms with Crippen LogP contribution in [-0.4, -0.2) is 79.7 Å². The van der Waals surface area contributed by atoms with Gasteiger partial charge in [0.25, 0.3) is 0 Å². The molecule has 1 heterocycles. The Kier molecular flexibility index (Phi) is 13.8. The van der Waals surface area contributed by atoms with E-state index in [-0.39, 0.29) is 30.1 Å². The van der Waals surface area contributed by atoms with Crippen molar-refractivity contribution in [3.8, 4) is 0 Å². The fourth-order valence-corrected chi connectivity index (χ4v) is 2.78. The van der Waals surface area contributed by atoms with Crippen molar-refractivity contribution in [3.05, 3.63) is 0 Å². The summed E-state index contributed by atoms with van der Waals surface area (Å²) in [7, 11) is 0. The molecule has 1 saturated heterocycles. The Morgan fingerprint density at radius 1 is 1.17 bits per heavy atom. The van der Waals surface area contributed by atoms with Crippen LogP contribution >= 0.6 is 35.7 Å². The zero-order valence-electron chi connectivity index (χ0n) is 14.5. The maximum absolute atomic E-state index is 11.7. The number of aliphatic imine (C=N–C) groups is 1. The molecule has 6 nitrogen and oxygen atoms in total. The van der Waals surface area contributed by atoms with Crippen molar-refractivity contribution in [2.24, 2.45) is 4.99 Å². The summed E-state index contributed by atoms with van der Waals surface area (Å²) in [5.74, 6) is 2.17. The zero-order valence-corrected chi connectivity index (χ0v) is 17.7. The van der Waals surface area contributed by atoms with Gasteiger partial charge in [0.1, 0.15) is 0 Å². The summed E-state index contributed by atoms with van der Waals surface area (Å²) in [5.41, 5.74) is 0. The number of piperazine rings is 1. The summed E-state index contributed by atoms with van der Waals surface area (Å²) in [6, 6.07) is 0. The quantitative estimate of drug-likeness (QED) is 0.275. The number of unbranched alkanes of at least 4 members (excludes halogenated alkanes) is 1. The van der Waals surface area contributed by atoms with Crippen LogP contribution in [0.3, 0.4) is 0 Å². The predicted molar refractivity (Wildman–Crippen MR) is 109 cm³/mol. The lowest BCUT2D eigenvalue weighted by Gasteiger charge is -2.35. The second-order valence-corrected chi connectivity index (χ2v) is 6.09. The van der Waals surface area contributed by atoms with Gasteiger partial charge in [-0.05, 0) is 38.7 Å². The molecule has 0 radical (unpaired) electrons. The van der Waals surface area contributed by atoms with Crippen molar-refractivity contribution < 1.29 is 9.53 Å². The van der Waals surface area contributed by atoms with E-state index in [4.69, 9.17) is 9.73 Å². The van der Waals surface area contributed by atoms with Crippen LogP contribution < -0.4 is 5.32 Å². The van der Waals surface area contributed by atoms with Crippen molar-refractivity contribution >= 4 is 47.8 Å². The van der Waals surface area contributed by atoms with Gasteiger partial charge < -0.3 is 19.9 Å². The number of hydrogen-bond acceptors (Lipinski definition) is 4.